The summed E-state index contributed by atoms with van der Waals surface area (Å²) < 4.78 is 0. The first-order valence-corrected chi connectivity index (χ1v) is 4.28. The second kappa shape index (κ2) is 5.78. The van der Waals surface area contributed by atoms with Crippen molar-refractivity contribution < 1.29 is 5.11 Å². The Morgan fingerprint density at radius 2 is 1.08 bits per heavy atom. The van der Waals surface area contributed by atoms with Crippen LogP contribution < -0.4 is 0 Å². The van der Waals surface area contributed by atoms with Gasteiger partial charge in [0.25, 0.3) is 0 Å². The van der Waals surface area contributed by atoms with Gasteiger partial charge in [0.05, 0.1) is 5.60 Å². The lowest BCUT2D eigenvalue weighted by molar-refractivity contribution is 0.0765. The van der Waals surface area contributed by atoms with Crippen LogP contribution in [0.15, 0.2) is 36.4 Å². The van der Waals surface area contributed by atoms with Gasteiger partial charge in [-0.05, 0) is 20.3 Å². The second-order valence-corrected chi connectivity index (χ2v) is 3.32. The van der Waals surface area contributed by atoms with Crippen LogP contribution in [0.25, 0.3) is 0 Å². The van der Waals surface area contributed by atoms with Crippen molar-refractivity contribution in [2.75, 3.05) is 0 Å². The summed E-state index contributed by atoms with van der Waals surface area (Å²) in [6.07, 6.45) is 0.826. The molecule has 12 heavy (non-hydrogen) atoms. The first kappa shape index (κ1) is 11.2. The standard InChI is InChI=1S/C6H6.C5H12O/c1-2-4-6-5-3-1;1-4-5(2,3)6/h1-6H;6H,4H2,1-3H3. The van der Waals surface area contributed by atoms with Crippen molar-refractivity contribution in [2.24, 2.45) is 0 Å². The van der Waals surface area contributed by atoms with E-state index in [1.807, 2.05) is 43.3 Å². The van der Waals surface area contributed by atoms with Gasteiger partial charge >= 0.3 is 0 Å². The van der Waals surface area contributed by atoms with Gasteiger partial charge in [0.1, 0.15) is 0 Å². The summed E-state index contributed by atoms with van der Waals surface area (Å²) in [4.78, 5) is 0. The van der Waals surface area contributed by atoms with E-state index in [2.05, 4.69) is 0 Å². The number of hydrogen-bond donors (Lipinski definition) is 1. The molecule has 68 valence electrons. The maximum atomic E-state index is 8.83. The van der Waals surface area contributed by atoms with E-state index < -0.39 is 5.60 Å². The molecule has 0 aliphatic carbocycles. The number of aliphatic hydroxyl groups is 1. The monoisotopic (exact) mass is 166 g/mol. The van der Waals surface area contributed by atoms with Crippen LogP contribution in [-0.2, 0) is 0 Å². The first-order chi connectivity index (χ1) is 5.56. The number of benzene rings is 1. The van der Waals surface area contributed by atoms with Crippen LogP contribution in [0.1, 0.15) is 27.2 Å². The Bertz CT molecular complexity index is 147. The molecule has 1 N–H and O–H groups in total. The molecule has 1 rings (SSSR count). The van der Waals surface area contributed by atoms with E-state index in [-0.39, 0.29) is 0 Å². The fraction of sp³-hybridized carbons (Fsp3) is 0.455. The van der Waals surface area contributed by atoms with Gasteiger partial charge in [-0.25, -0.2) is 0 Å². The topological polar surface area (TPSA) is 20.2 Å². The van der Waals surface area contributed by atoms with Gasteiger partial charge in [0, 0.05) is 0 Å². The Morgan fingerprint density at radius 3 is 1.17 bits per heavy atom. The van der Waals surface area contributed by atoms with Crippen LogP contribution in [0.5, 0.6) is 0 Å². The molecule has 1 heteroatoms. The van der Waals surface area contributed by atoms with E-state index in [1.165, 1.54) is 0 Å². The van der Waals surface area contributed by atoms with E-state index in [4.69, 9.17) is 5.11 Å². The summed E-state index contributed by atoms with van der Waals surface area (Å²) in [6, 6.07) is 12.0. The molecule has 1 aromatic rings. The highest BCUT2D eigenvalue weighted by atomic mass is 16.3. The van der Waals surface area contributed by atoms with Crippen molar-refractivity contribution in [3.05, 3.63) is 36.4 Å². The minimum Gasteiger partial charge on any atom is -0.390 e. The molecule has 0 bridgehead atoms. The van der Waals surface area contributed by atoms with Gasteiger partial charge in [-0.3, -0.25) is 0 Å². The van der Waals surface area contributed by atoms with Crippen LogP contribution in [0, 0.1) is 0 Å². The van der Waals surface area contributed by atoms with E-state index in [1.54, 1.807) is 13.8 Å². The van der Waals surface area contributed by atoms with Crippen LogP contribution in [-0.4, -0.2) is 10.7 Å². The molecule has 0 atom stereocenters. The maximum Gasteiger partial charge on any atom is 0.0589 e. The third kappa shape index (κ3) is 9.18. The molecule has 0 heterocycles. The quantitative estimate of drug-likeness (QED) is 0.680. The molecule has 0 spiro atoms. The van der Waals surface area contributed by atoms with Gasteiger partial charge < -0.3 is 5.11 Å². The molecule has 0 aromatic heterocycles. The van der Waals surface area contributed by atoms with Crippen molar-refractivity contribution in [3.8, 4) is 0 Å². The number of hydrogen-bond acceptors (Lipinski definition) is 1. The largest absolute Gasteiger partial charge is 0.390 e. The lowest BCUT2D eigenvalue weighted by atomic mass is 10.1. The SMILES string of the molecule is CCC(C)(C)O.c1ccccc1. The van der Waals surface area contributed by atoms with Crippen LogP contribution in [0.2, 0.25) is 0 Å². The molecule has 0 unspecified atom stereocenters. The lowest BCUT2D eigenvalue weighted by Gasteiger charge is -2.11. The smallest absolute Gasteiger partial charge is 0.0589 e. The fourth-order valence-corrected chi connectivity index (χ4v) is 0.385. The van der Waals surface area contributed by atoms with Crippen molar-refractivity contribution in [3.63, 3.8) is 0 Å². The highest BCUT2D eigenvalue weighted by Crippen LogP contribution is 2.03. The molecule has 0 saturated carbocycles. The van der Waals surface area contributed by atoms with Crippen molar-refractivity contribution >= 4 is 0 Å². The van der Waals surface area contributed by atoms with Crippen LogP contribution in [0.4, 0.5) is 0 Å². The van der Waals surface area contributed by atoms with Gasteiger partial charge in [-0.2, -0.15) is 0 Å². The molecule has 0 saturated heterocycles. The molecule has 0 radical (unpaired) electrons. The summed E-state index contributed by atoms with van der Waals surface area (Å²) in [5.74, 6) is 0. The Morgan fingerprint density at radius 1 is 0.917 bits per heavy atom. The third-order valence-corrected chi connectivity index (χ3v) is 1.53. The highest BCUT2D eigenvalue weighted by Gasteiger charge is 2.05. The average molecular weight is 166 g/mol. The summed E-state index contributed by atoms with van der Waals surface area (Å²) in [5, 5.41) is 8.83. The molecule has 0 amide bonds. The summed E-state index contributed by atoms with van der Waals surface area (Å²) in [6.45, 7) is 5.56. The van der Waals surface area contributed by atoms with Crippen molar-refractivity contribution in [2.45, 2.75) is 32.8 Å². The molecular formula is C11H18O. The zero-order chi connectivity index (χ0) is 9.45. The fourth-order valence-electron chi connectivity index (χ4n) is 0.385. The number of rotatable bonds is 1. The first-order valence-electron chi connectivity index (χ1n) is 4.28. The molecule has 0 aliphatic rings. The molecule has 1 nitrogen and oxygen atoms in total. The minimum absolute atomic E-state index is 0.458. The Labute approximate surface area is 75.1 Å². The average Bonchev–Trinajstić information content (AvgIpc) is 2.07. The highest BCUT2D eigenvalue weighted by molar-refractivity contribution is 4.99. The van der Waals surface area contributed by atoms with E-state index in [9.17, 15) is 0 Å². The van der Waals surface area contributed by atoms with Gasteiger partial charge in [0.2, 0.25) is 0 Å². The third-order valence-electron chi connectivity index (χ3n) is 1.53. The van der Waals surface area contributed by atoms with Crippen LogP contribution in [0.3, 0.4) is 0 Å². The summed E-state index contributed by atoms with van der Waals surface area (Å²) >= 11 is 0. The molecular weight excluding hydrogens is 148 g/mol. The second-order valence-electron chi connectivity index (χ2n) is 3.32. The van der Waals surface area contributed by atoms with Crippen molar-refractivity contribution in [1.82, 2.24) is 0 Å². The normalized spacial score (nSPS) is 10.0. The predicted molar refractivity (Wildman–Crippen MR) is 53.0 cm³/mol. The Hall–Kier alpha value is -0.820. The van der Waals surface area contributed by atoms with E-state index >= 15 is 0 Å². The zero-order valence-electron chi connectivity index (χ0n) is 8.12. The Kier molecular flexibility index (Phi) is 5.39. The summed E-state index contributed by atoms with van der Waals surface area (Å²) in [7, 11) is 0. The van der Waals surface area contributed by atoms with Gasteiger partial charge in [-0.15, -0.1) is 0 Å². The molecule has 1 aromatic carbocycles. The van der Waals surface area contributed by atoms with Crippen molar-refractivity contribution in [1.29, 1.82) is 0 Å². The molecule has 0 fully saturated rings. The molecule has 0 aliphatic heterocycles. The predicted octanol–water partition coefficient (Wildman–Crippen LogP) is 2.85. The maximum absolute atomic E-state index is 8.83. The van der Waals surface area contributed by atoms with E-state index in [0.717, 1.165) is 6.42 Å². The zero-order valence-corrected chi connectivity index (χ0v) is 8.12. The summed E-state index contributed by atoms with van der Waals surface area (Å²) in [5.41, 5.74) is -0.458. The Balaban J connectivity index is 0.000000202. The van der Waals surface area contributed by atoms with E-state index in [0.29, 0.717) is 0 Å². The minimum atomic E-state index is -0.458. The van der Waals surface area contributed by atoms with Gasteiger partial charge in [0.15, 0.2) is 0 Å². The van der Waals surface area contributed by atoms with Gasteiger partial charge in [-0.1, -0.05) is 43.3 Å². The van der Waals surface area contributed by atoms with Crippen LogP contribution >= 0.6 is 0 Å². The lowest BCUT2D eigenvalue weighted by Crippen LogP contribution is -2.15.